The molecule has 5 heterocycles. The molecule has 0 saturated carbocycles. The van der Waals surface area contributed by atoms with E-state index in [4.69, 9.17) is 0 Å². The number of hydrogen-bond donors (Lipinski definition) is 1. The summed E-state index contributed by atoms with van der Waals surface area (Å²) in [5.41, 5.74) is 0.374. The third kappa shape index (κ3) is 3.92. The maximum Gasteiger partial charge on any atom is 0.434 e. The van der Waals surface area contributed by atoms with Crippen molar-refractivity contribution in [2.75, 3.05) is 16.8 Å². The molecule has 0 aromatic carbocycles. The largest absolute Gasteiger partial charge is 0.434 e. The average molecular weight is 476 g/mol. The lowest BCUT2D eigenvalue weighted by Gasteiger charge is -2.18. The predicted octanol–water partition coefficient (Wildman–Crippen LogP) is 3.85. The number of carbonyl (C=O) groups excluding carboxylic acids is 1. The van der Waals surface area contributed by atoms with Gasteiger partial charge in [-0.15, -0.1) is 16.4 Å². The molecule has 1 N–H and O–H groups in total. The topological polar surface area (TPSA) is 93.2 Å². The number of halogens is 3. The Balaban J connectivity index is 1.41. The van der Waals surface area contributed by atoms with Gasteiger partial charge in [0.1, 0.15) is 10.7 Å². The average Bonchev–Trinajstić information content (AvgIpc) is 3.52. The molecule has 1 amide bonds. The summed E-state index contributed by atoms with van der Waals surface area (Å²) in [7, 11) is 1.54. The molecule has 1 saturated heterocycles. The molecule has 1 fully saturated rings. The minimum atomic E-state index is -4.56. The van der Waals surface area contributed by atoms with E-state index in [0.717, 1.165) is 36.1 Å². The standard InChI is InChI=1S/C20H19F3N8OS/c1-11-4-3-6-30(11)19-27-15-8-12(5-7-31(15)28-19)25-17(32)16-13(9-24-29(16)2)18-26-14(10-33-18)20(21,22)23/h5,7-11H,3-4,6H2,1-2H3,(H,25,32). The minimum Gasteiger partial charge on any atom is -0.337 e. The number of pyridine rings is 1. The fraction of sp³-hybridized carbons (Fsp3) is 0.350. The molecule has 0 spiro atoms. The van der Waals surface area contributed by atoms with Crippen LogP contribution in [0.2, 0.25) is 0 Å². The summed E-state index contributed by atoms with van der Waals surface area (Å²) in [5.74, 6) is 0.118. The first-order valence-electron chi connectivity index (χ1n) is 10.2. The second kappa shape index (κ2) is 7.83. The number of nitrogens with one attached hydrogen (secondary N) is 1. The maximum absolute atomic E-state index is 13.0. The number of rotatable bonds is 4. The molecule has 33 heavy (non-hydrogen) atoms. The molecule has 0 aliphatic carbocycles. The van der Waals surface area contributed by atoms with Gasteiger partial charge in [0.25, 0.3) is 5.91 Å². The highest BCUT2D eigenvalue weighted by atomic mass is 32.1. The Kier molecular flexibility index (Phi) is 5.07. The van der Waals surface area contributed by atoms with Gasteiger partial charge in [-0.1, -0.05) is 0 Å². The fourth-order valence-electron chi connectivity index (χ4n) is 3.88. The van der Waals surface area contributed by atoms with Crippen molar-refractivity contribution in [1.29, 1.82) is 0 Å². The van der Waals surface area contributed by atoms with Crippen molar-refractivity contribution in [3.8, 4) is 10.6 Å². The van der Waals surface area contributed by atoms with E-state index < -0.39 is 17.8 Å². The Morgan fingerprint density at radius 3 is 2.82 bits per heavy atom. The molecule has 1 aliphatic rings. The molecule has 4 aromatic rings. The Morgan fingerprint density at radius 1 is 1.30 bits per heavy atom. The number of alkyl halides is 3. The van der Waals surface area contributed by atoms with E-state index in [1.807, 2.05) is 0 Å². The van der Waals surface area contributed by atoms with Crippen LogP contribution in [-0.2, 0) is 13.2 Å². The first-order valence-corrected chi connectivity index (χ1v) is 11.1. The first kappa shape index (κ1) is 21.4. The zero-order valence-corrected chi connectivity index (χ0v) is 18.5. The molecular weight excluding hydrogens is 457 g/mol. The van der Waals surface area contributed by atoms with Crippen LogP contribution >= 0.6 is 11.3 Å². The second-order valence-electron chi connectivity index (χ2n) is 7.83. The number of fused-ring (bicyclic) bond motifs is 1. The summed E-state index contributed by atoms with van der Waals surface area (Å²) < 4.78 is 41.8. The molecule has 172 valence electrons. The van der Waals surface area contributed by atoms with E-state index >= 15 is 0 Å². The Hall–Kier alpha value is -3.48. The van der Waals surface area contributed by atoms with Crippen molar-refractivity contribution in [3.63, 3.8) is 0 Å². The third-order valence-corrected chi connectivity index (χ3v) is 6.45. The van der Waals surface area contributed by atoms with E-state index in [1.165, 1.54) is 10.9 Å². The van der Waals surface area contributed by atoms with Crippen molar-refractivity contribution in [3.05, 3.63) is 41.3 Å². The van der Waals surface area contributed by atoms with Gasteiger partial charge in [0.15, 0.2) is 11.3 Å². The summed E-state index contributed by atoms with van der Waals surface area (Å²) in [6, 6.07) is 3.74. The van der Waals surface area contributed by atoms with Gasteiger partial charge in [-0.25, -0.2) is 9.50 Å². The summed E-state index contributed by atoms with van der Waals surface area (Å²) in [6.07, 6.45) is 0.655. The Bertz CT molecular complexity index is 1340. The predicted molar refractivity (Wildman–Crippen MR) is 116 cm³/mol. The fourth-order valence-corrected chi connectivity index (χ4v) is 4.72. The van der Waals surface area contributed by atoms with E-state index in [1.54, 1.807) is 29.9 Å². The number of aryl methyl sites for hydroxylation is 1. The monoisotopic (exact) mass is 476 g/mol. The maximum atomic E-state index is 13.0. The lowest BCUT2D eigenvalue weighted by Crippen LogP contribution is -2.27. The molecule has 1 atom stereocenters. The third-order valence-electron chi connectivity index (χ3n) is 5.57. The highest BCUT2D eigenvalue weighted by molar-refractivity contribution is 7.13. The molecule has 0 radical (unpaired) electrons. The summed E-state index contributed by atoms with van der Waals surface area (Å²) in [4.78, 5) is 23.4. The zero-order chi connectivity index (χ0) is 23.3. The van der Waals surface area contributed by atoms with Gasteiger partial charge >= 0.3 is 6.18 Å². The van der Waals surface area contributed by atoms with Gasteiger partial charge in [-0.3, -0.25) is 9.48 Å². The molecule has 1 unspecified atom stereocenters. The molecular formula is C20H19F3N8OS. The second-order valence-corrected chi connectivity index (χ2v) is 8.69. The number of amides is 1. The highest BCUT2D eigenvalue weighted by Gasteiger charge is 2.34. The zero-order valence-electron chi connectivity index (χ0n) is 17.7. The van der Waals surface area contributed by atoms with Crippen LogP contribution in [0, 0.1) is 0 Å². The number of carbonyl (C=O) groups is 1. The SMILES string of the molecule is CC1CCCN1c1nc2cc(NC(=O)c3c(-c4nc(C(F)(F)F)cs4)cnn3C)ccn2n1. The molecule has 0 bridgehead atoms. The van der Waals surface area contributed by atoms with Gasteiger partial charge < -0.3 is 10.2 Å². The van der Waals surface area contributed by atoms with E-state index in [0.29, 0.717) is 23.3 Å². The van der Waals surface area contributed by atoms with Crippen LogP contribution < -0.4 is 10.2 Å². The van der Waals surface area contributed by atoms with Crippen molar-refractivity contribution < 1.29 is 18.0 Å². The van der Waals surface area contributed by atoms with Gasteiger partial charge in [0, 0.05) is 43.0 Å². The van der Waals surface area contributed by atoms with Gasteiger partial charge in [-0.05, 0) is 25.8 Å². The van der Waals surface area contributed by atoms with Crippen LogP contribution in [0.4, 0.5) is 24.8 Å². The summed E-state index contributed by atoms with van der Waals surface area (Å²) >= 11 is 0.807. The van der Waals surface area contributed by atoms with Crippen molar-refractivity contribution in [2.24, 2.45) is 7.05 Å². The van der Waals surface area contributed by atoms with Crippen LogP contribution in [0.1, 0.15) is 35.9 Å². The molecule has 5 rings (SSSR count). The summed E-state index contributed by atoms with van der Waals surface area (Å²) in [6.45, 7) is 3.04. The van der Waals surface area contributed by atoms with Gasteiger partial charge in [0.2, 0.25) is 5.95 Å². The quantitative estimate of drug-likeness (QED) is 0.481. The number of hydrogen-bond acceptors (Lipinski definition) is 7. The number of anilines is 2. The molecule has 1 aliphatic heterocycles. The number of nitrogens with zero attached hydrogens (tertiary/aromatic N) is 7. The van der Waals surface area contributed by atoms with Crippen LogP contribution in [-0.4, -0.2) is 47.9 Å². The first-order chi connectivity index (χ1) is 15.7. The summed E-state index contributed by atoms with van der Waals surface area (Å²) in [5, 5.41) is 12.3. The lowest BCUT2D eigenvalue weighted by molar-refractivity contribution is -0.140. The van der Waals surface area contributed by atoms with Crippen LogP contribution in [0.5, 0.6) is 0 Å². The molecule has 4 aromatic heterocycles. The van der Waals surface area contributed by atoms with Gasteiger partial charge in [-0.2, -0.15) is 23.3 Å². The van der Waals surface area contributed by atoms with E-state index in [-0.39, 0.29) is 16.3 Å². The number of thiazole rings is 1. The minimum absolute atomic E-state index is 0.0675. The van der Waals surface area contributed by atoms with Crippen molar-refractivity contribution in [2.45, 2.75) is 32.0 Å². The van der Waals surface area contributed by atoms with Crippen LogP contribution in [0.3, 0.4) is 0 Å². The van der Waals surface area contributed by atoms with Crippen molar-refractivity contribution >= 4 is 34.5 Å². The van der Waals surface area contributed by atoms with E-state index in [2.05, 4.69) is 37.3 Å². The van der Waals surface area contributed by atoms with Crippen molar-refractivity contribution in [1.82, 2.24) is 29.4 Å². The normalized spacial score (nSPS) is 16.6. The Morgan fingerprint density at radius 2 is 2.12 bits per heavy atom. The van der Waals surface area contributed by atoms with Crippen LogP contribution in [0.25, 0.3) is 16.2 Å². The van der Waals surface area contributed by atoms with Crippen LogP contribution in [0.15, 0.2) is 29.9 Å². The van der Waals surface area contributed by atoms with E-state index in [9.17, 15) is 18.0 Å². The highest BCUT2D eigenvalue weighted by Crippen LogP contribution is 2.34. The molecule has 9 nitrogen and oxygen atoms in total. The lowest BCUT2D eigenvalue weighted by atomic mass is 10.2. The van der Waals surface area contributed by atoms with Gasteiger partial charge in [0.05, 0.1) is 11.8 Å². The smallest absolute Gasteiger partial charge is 0.337 e. The Labute approximate surface area is 189 Å². The molecule has 13 heteroatoms. The number of aromatic nitrogens is 6.